The molecule has 0 spiro atoms. The summed E-state index contributed by atoms with van der Waals surface area (Å²) in [7, 11) is 0. The molecule has 8 rings (SSSR count). The molecule has 53 heavy (non-hydrogen) atoms. The van der Waals surface area contributed by atoms with Crippen LogP contribution >= 0.6 is 0 Å². The molecule has 0 aliphatic carbocycles. The zero-order valence-electron chi connectivity index (χ0n) is 29.0. The number of fused-ring (bicyclic) bond motifs is 4. The van der Waals surface area contributed by atoms with Gasteiger partial charge in [-0.1, -0.05) is 72.8 Å². The van der Waals surface area contributed by atoms with Gasteiger partial charge in [-0.3, -0.25) is 5.43 Å². The number of nitrogens with one attached hydrogen (secondary N) is 3. The Bertz CT molecular complexity index is 2540. The van der Waals surface area contributed by atoms with E-state index >= 15 is 0 Å². The number of ether oxygens (including phenoxy) is 1. The van der Waals surface area contributed by atoms with E-state index in [2.05, 4.69) is 16.1 Å². The molecule has 2 heterocycles. The van der Waals surface area contributed by atoms with Crippen LogP contribution in [0.5, 0.6) is 0 Å². The Balaban J connectivity index is 1.01. The largest absolute Gasteiger partial charge is 0.443 e. The standard InChI is InChI=1S/C43H37N7O3/c1-2-50(49-32-21-27(25-51)20-31(24-32)46-42-35-13-5-9-17-39(35)48-40-18-10-6-14-36(40)42)43(52)53-26-28-19-29(44)23-30(22-28)45-41-33-11-3-7-15-37(33)47-38-16-8-4-12-34(38)41/h3-24,49,51H,2,25-26,44H2,1H3,(H,45,47)(H,46,48). The Morgan fingerprint density at radius 2 is 1.09 bits per heavy atom. The van der Waals surface area contributed by atoms with E-state index in [9.17, 15) is 9.90 Å². The minimum Gasteiger partial charge on any atom is -0.443 e. The van der Waals surface area contributed by atoms with Crippen LogP contribution in [-0.2, 0) is 18.0 Å². The van der Waals surface area contributed by atoms with Crippen molar-refractivity contribution in [1.82, 2.24) is 15.0 Å². The van der Waals surface area contributed by atoms with E-state index < -0.39 is 6.09 Å². The molecule has 0 radical (unpaired) electrons. The van der Waals surface area contributed by atoms with Crippen LogP contribution in [0.15, 0.2) is 133 Å². The van der Waals surface area contributed by atoms with Crippen molar-refractivity contribution in [2.45, 2.75) is 20.1 Å². The highest BCUT2D eigenvalue weighted by molar-refractivity contribution is 6.09. The summed E-state index contributed by atoms with van der Waals surface area (Å²) in [5.41, 5.74) is 18.9. The van der Waals surface area contributed by atoms with Crippen LogP contribution in [0.4, 0.5) is 38.9 Å². The normalized spacial score (nSPS) is 11.2. The molecule has 1 amide bonds. The molecule has 6 N–H and O–H groups in total. The number of nitrogens with zero attached hydrogens (tertiary/aromatic N) is 3. The zero-order chi connectivity index (χ0) is 36.3. The number of hydrazine groups is 1. The number of rotatable bonds is 10. The van der Waals surface area contributed by atoms with Gasteiger partial charge in [0.1, 0.15) is 6.61 Å². The summed E-state index contributed by atoms with van der Waals surface area (Å²) < 4.78 is 5.79. The van der Waals surface area contributed by atoms with Crippen LogP contribution in [-0.4, -0.2) is 32.7 Å². The molecular weight excluding hydrogens is 663 g/mol. The fourth-order valence-corrected chi connectivity index (χ4v) is 6.66. The van der Waals surface area contributed by atoms with Gasteiger partial charge in [-0.25, -0.2) is 19.8 Å². The summed E-state index contributed by atoms with van der Waals surface area (Å²) in [5.74, 6) is 0. The summed E-state index contributed by atoms with van der Waals surface area (Å²) in [6.07, 6.45) is -0.564. The summed E-state index contributed by atoms with van der Waals surface area (Å²) >= 11 is 0. The number of hydrogen-bond donors (Lipinski definition) is 5. The van der Waals surface area contributed by atoms with Crippen LogP contribution in [0.3, 0.4) is 0 Å². The molecule has 10 nitrogen and oxygen atoms in total. The number of carbonyl (C=O) groups is 1. The van der Waals surface area contributed by atoms with E-state index in [1.165, 1.54) is 5.01 Å². The van der Waals surface area contributed by atoms with Crippen LogP contribution < -0.4 is 21.8 Å². The number of benzene rings is 6. The highest BCUT2D eigenvalue weighted by Gasteiger charge is 2.17. The molecule has 6 aromatic carbocycles. The monoisotopic (exact) mass is 699 g/mol. The first-order valence-electron chi connectivity index (χ1n) is 17.4. The predicted octanol–water partition coefficient (Wildman–Crippen LogP) is 9.64. The van der Waals surface area contributed by atoms with E-state index in [0.717, 1.165) is 71.9 Å². The lowest BCUT2D eigenvalue weighted by atomic mass is 10.1. The lowest BCUT2D eigenvalue weighted by Crippen LogP contribution is -2.36. The molecule has 262 valence electrons. The van der Waals surface area contributed by atoms with E-state index in [1.807, 2.05) is 128 Å². The van der Waals surface area contributed by atoms with Crippen LogP contribution in [0.25, 0.3) is 43.6 Å². The van der Waals surface area contributed by atoms with Crippen molar-refractivity contribution in [3.63, 3.8) is 0 Å². The van der Waals surface area contributed by atoms with E-state index in [1.54, 1.807) is 12.1 Å². The van der Waals surface area contributed by atoms with Gasteiger partial charge in [0.15, 0.2) is 0 Å². The molecule has 0 saturated carbocycles. The van der Waals surface area contributed by atoms with E-state index in [4.69, 9.17) is 20.4 Å². The number of anilines is 6. The quantitative estimate of drug-likeness (QED) is 0.0537. The third-order valence-electron chi connectivity index (χ3n) is 9.07. The molecule has 0 aliphatic rings. The Labute approximate surface area is 305 Å². The number of para-hydroxylation sites is 4. The minimum atomic E-state index is -0.564. The second kappa shape index (κ2) is 14.4. The van der Waals surface area contributed by atoms with E-state index in [-0.39, 0.29) is 13.2 Å². The molecule has 0 saturated heterocycles. The van der Waals surface area contributed by atoms with Crippen LogP contribution in [0.2, 0.25) is 0 Å². The van der Waals surface area contributed by atoms with Gasteiger partial charge < -0.3 is 26.2 Å². The molecule has 10 heteroatoms. The van der Waals surface area contributed by atoms with Crippen molar-refractivity contribution < 1.29 is 14.6 Å². The smallest absolute Gasteiger partial charge is 0.428 e. The van der Waals surface area contributed by atoms with Gasteiger partial charge >= 0.3 is 6.09 Å². The fraction of sp³-hybridized carbons (Fsp3) is 0.0930. The maximum Gasteiger partial charge on any atom is 0.428 e. The number of aliphatic hydroxyl groups is 1. The summed E-state index contributed by atoms with van der Waals surface area (Å²) in [4.78, 5) is 23.1. The molecule has 0 unspecified atom stereocenters. The Morgan fingerprint density at radius 3 is 1.58 bits per heavy atom. The van der Waals surface area contributed by atoms with Gasteiger partial charge in [-0.05, 0) is 78.7 Å². The van der Waals surface area contributed by atoms with Crippen LogP contribution in [0, 0.1) is 0 Å². The van der Waals surface area contributed by atoms with Gasteiger partial charge in [0, 0.05) is 45.2 Å². The van der Waals surface area contributed by atoms with Crippen molar-refractivity contribution in [1.29, 1.82) is 0 Å². The molecule has 0 atom stereocenters. The average molecular weight is 700 g/mol. The Hall–Kier alpha value is -6.91. The molecular formula is C43H37N7O3. The second-order valence-electron chi connectivity index (χ2n) is 12.7. The Morgan fingerprint density at radius 1 is 0.642 bits per heavy atom. The topological polar surface area (TPSA) is 138 Å². The van der Waals surface area contributed by atoms with Gasteiger partial charge in [0.2, 0.25) is 0 Å². The van der Waals surface area contributed by atoms with Crippen molar-refractivity contribution in [2.75, 3.05) is 28.3 Å². The van der Waals surface area contributed by atoms with Crippen molar-refractivity contribution >= 4 is 83.8 Å². The molecule has 8 aromatic rings. The maximum atomic E-state index is 13.4. The Kier molecular flexibility index (Phi) is 9.02. The van der Waals surface area contributed by atoms with Crippen molar-refractivity contribution in [2.24, 2.45) is 0 Å². The number of aromatic nitrogens is 2. The van der Waals surface area contributed by atoms with Gasteiger partial charge in [-0.15, -0.1) is 0 Å². The molecule has 0 bridgehead atoms. The SMILES string of the molecule is CCN(Nc1cc(CO)cc(Nc2c3ccccc3nc3ccccc23)c1)C(=O)OCc1cc(N)cc(Nc2c3ccccc3nc3ccccc23)c1. The molecule has 2 aromatic heterocycles. The van der Waals surface area contributed by atoms with Crippen LogP contribution in [0.1, 0.15) is 18.1 Å². The number of nitrogen functional groups attached to an aromatic ring is 1. The summed E-state index contributed by atoms with van der Waals surface area (Å²) in [6.45, 7) is 1.98. The number of hydrogen-bond acceptors (Lipinski definition) is 9. The third-order valence-corrected chi connectivity index (χ3v) is 9.07. The highest BCUT2D eigenvalue weighted by Crippen LogP contribution is 2.35. The van der Waals surface area contributed by atoms with Crippen molar-refractivity contribution in [3.8, 4) is 0 Å². The van der Waals surface area contributed by atoms with Crippen molar-refractivity contribution in [3.05, 3.63) is 145 Å². The third kappa shape index (κ3) is 6.91. The lowest BCUT2D eigenvalue weighted by molar-refractivity contribution is 0.106. The minimum absolute atomic E-state index is 0.000248. The first-order chi connectivity index (χ1) is 25.9. The first-order valence-corrected chi connectivity index (χ1v) is 17.4. The summed E-state index contributed by atoms with van der Waals surface area (Å²) in [5, 5.41) is 22.6. The summed E-state index contributed by atoms with van der Waals surface area (Å²) in [6, 6.07) is 43.1. The average Bonchev–Trinajstić information content (AvgIpc) is 3.18. The number of pyridine rings is 2. The molecule has 0 aliphatic heterocycles. The number of nitrogens with two attached hydrogens (primary N) is 1. The fourth-order valence-electron chi connectivity index (χ4n) is 6.66. The number of carbonyl (C=O) groups excluding carboxylic acids is 1. The van der Waals surface area contributed by atoms with E-state index in [0.29, 0.717) is 23.5 Å². The van der Waals surface area contributed by atoms with Gasteiger partial charge in [0.25, 0.3) is 0 Å². The predicted molar refractivity (Wildman–Crippen MR) is 214 cm³/mol. The molecule has 0 fully saturated rings. The highest BCUT2D eigenvalue weighted by atomic mass is 16.6. The number of aliphatic hydroxyl groups excluding tert-OH is 1. The number of amides is 1. The maximum absolute atomic E-state index is 13.4. The lowest BCUT2D eigenvalue weighted by Gasteiger charge is -2.23. The van der Waals surface area contributed by atoms with Gasteiger partial charge in [0.05, 0.1) is 45.7 Å². The second-order valence-corrected chi connectivity index (χ2v) is 12.7. The van der Waals surface area contributed by atoms with Gasteiger partial charge in [-0.2, -0.15) is 0 Å². The zero-order valence-corrected chi connectivity index (χ0v) is 29.0. The first kappa shape index (κ1) is 33.2.